The molecule has 0 saturated heterocycles. The lowest BCUT2D eigenvalue weighted by Gasteiger charge is -2.10. The Hall–Kier alpha value is -3.77. The highest BCUT2D eigenvalue weighted by molar-refractivity contribution is 7.89. The molecule has 0 spiro atoms. The summed E-state index contributed by atoms with van der Waals surface area (Å²) in [4.78, 5) is 12.4. The van der Waals surface area contributed by atoms with Crippen molar-refractivity contribution in [1.29, 1.82) is 0 Å². The predicted molar refractivity (Wildman–Crippen MR) is 115 cm³/mol. The number of nitrogen functional groups attached to an aromatic ring is 1. The number of hydrogen-bond donors (Lipinski definition) is 2. The van der Waals surface area contributed by atoms with E-state index in [1.165, 1.54) is 23.0 Å². The first-order valence-electron chi connectivity index (χ1n) is 9.42. The van der Waals surface area contributed by atoms with Crippen LogP contribution in [0.4, 0.5) is 10.2 Å². The van der Waals surface area contributed by atoms with Gasteiger partial charge in [0.1, 0.15) is 11.4 Å². The van der Waals surface area contributed by atoms with E-state index < -0.39 is 15.8 Å². The Balaban J connectivity index is 1.70. The van der Waals surface area contributed by atoms with Crippen LogP contribution in [0.25, 0.3) is 22.8 Å². The van der Waals surface area contributed by atoms with E-state index in [4.69, 9.17) is 10.9 Å². The van der Waals surface area contributed by atoms with E-state index in [9.17, 15) is 12.8 Å². The summed E-state index contributed by atoms with van der Waals surface area (Å²) in [6.45, 7) is 3.96. The van der Waals surface area contributed by atoms with Gasteiger partial charge in [-0.1, -0.05) is 29.5 Å². The lowest BCUT2D eigenvalue weighted by Crippen LogP contribution is -2.15. The van der Waals surface area contributed by atoms with E-state index in [1.54, 1.807) is 6.07 Å². The molecule has 164 valence electrons. The first-order valence-corrected chi connectivity index (χ1v) is 11.0. The number of hydrogen-bond acceptors (Lipinski definition) is 8. The molecular weight excluding hydrogens is 435 g/mol. The van der Waals surface area contributed by atoms with Gasteiger partial charge in [-0.2, -0.15) is 0 Å². The lowest BCUT2D eigenvalue weighted by atomic mass is 10.0. The van der Waals surface area contributed by atoms with Crippen molar-refractivity contribution in [3.05, 3.63) is 65.2 Å². The number of nitrogens with zero attached hydrogens (tertiary/aromatic N) is 6. The molecule has 12 heteroatoms. The average Bonchev–Trinajstić information content (AvgIpc) is 3.20. The fourth-order valence-electron chi connectivity index (χ4n) is 3.10. The third-order valence-corrected chi connectivity index (χ3v) is 5.71. The third-order valence-electron chi connectivity index (χ3n) is 4.90. The van der Waals surface area contributed by atoms with Crippen LogP contribution < -0.4 is 10.9 Å². The molecule has 0 fully saturated rings. The Kier molecular flexibility index (Phi) is 5.40. The van der Waals surface area contributed by atoms with Crippen LogP contribution in [0, 0.1) is 19.7 Å². The van der Waals surface area contributed by atoms with Crippen LogP contribution >= 0.6 is 0 Å². The first kappa shape index (κ1) is 21.5. The van der Waals surface area contributed by atoms with E-state index in [-0.39, 0.29) is 34.6 Å². The normalized spacial score (nSPS) is 11.6. The van der Waals surface area contributed by atoms with Gasteiger partial charge in [0.25, 0.3) is 10.0 Å². The van der Waals surface area contributed by atoms with Crippen LogP contribution in [0.3, 0.4) is 0 Å². The highest BCUT2D eigenvalue weighted by Crippen LogP contribution is 2.28. The predicted octanol–water partition coefficient (Wildman–Crippen LogP) is 1.83. The van der Waals surface area contributed by atoms with Gasteiger partial charge in [-0.3, -0.25) is 0 Å². The van der Waals surface area contributed by atoms with Crippen LogP contribution in [0.1, 0.15) is 16.8 Å². The van der Waals surface area contributed by atoms with Gasteiger partial charge in [-0.05, 0) is 37.1 Å². The molecule has 0 atom stereocenters. The zero-order valence-corrected chi connectivity index (χ0v) is 18.0. The summed E-state index contributed by atoms with van der Waals surface area (Å²) >= 11 is 0. The molecule has 0 bridgehead atoms. The van der Waals surface area contributed by atoms with E-state index in [1.807, 2.05) is 32.0 Å². The second kappa shape index (κ2) is 8.05. The summed E-state index contributed by atoms with van der Waals surface area (Å²) in [5.41, 5.74) is 8.97. The van der Waals surface area contributed by atoms with E-state index in [2.05, 4.69) is 25.3 Å². The molecule has 0 aliphatic rings. The number of anilines is 1. The Bertz CT molecular complexity index is 1440. The first-order chi connectivity index (χ1) is 15.1. The van der Waals surface area contributed by atoms with Crippen molar-refractivity contribution in [3.63, 3.8) is 0 Å². The molecule has 0 aliphatic heterocycles. The van der Waals surface area contributed by atoms with E-state index in [0.29, 0.717) is 5.69 Å². The van der Waals surface area contributed by atoms with Gasteiger partial charge in [0.15, 0.2) is 22.5 Å². The number of nitrogens with two attached hydrogens (primary N) is 2. The Morgan fingerprint density at radius 1 is 1.06 bits per heavy atom. The fraction of sp³-hybridized carbons (Fsp3) is 0.150. The number of halogens is 1. The van der Waals surface area contributed by atoms with Gasteiger partial charge in [0, 0.05) is 5.56 Å². The van der Waals surface area contributed by atoms with Gasteiger partial charge in [-0.15, -0.1) is 5.10 Å². The molecule has 3 aromatic heterocycles. The van der Waals surface area contributed by atoms with Crippen LogP contribution in [0.15, 0.2) is 47.6 Å². The molecule has 0 aliphatic carbocycles. The molecule has 0 unspecified atom stereocenters. The summed E-state index contributed by atoms with van der Waals surface area (Å²) in [7, 11) is -3.94. The largest absolute Gasteiger partial charge is 0.381 e. The van der Waals surface area contributed by atoms with Crippen LogP contribution in [-0.4, -0.2) is 38.4 Å². The average molecular weight is 454 g/mol. The van der Waals surface area contributed by atoms with E-state index >= 15 is 0 Å². The minimum Gasteiger partial charge on any atom is -0.381 e. The summed E-state index contributed by atoms with van der Waals surface area (Å²) in [6, 6.07) is 10.1. The molecule has 0 saturated carbocycles. The van der Waals surface area contributed by atoms with Crippen molar-refractivity contribution < 1.29 is 12.8 Å². The molecule has 0 radical (unpaired) electrons. The number of rotatable bonds is 5. The highest BCUT2D eigenvalue weighted by atomic mass is 32.2. The van der Waals surface area contributed by atoms with Crippen molar-refractivity contribution in [2.75, 3.05) is 5.73 Å². The molecular formula is C20H19FN8O2S. The van der Waals surface area contributed by atoms with Gasteiger partial charge in [0.05, 0.1) is 18.4 Å². The SMILES string of the molecule is Cc1cccc(-c2nc(N)c(F)c(-c3cn(Cc4cccc(S(N)(=O)=O)n4)nn3)n2)c1C. The van der Waals surface area contributed by atoms with Crippen molar-refractivity contribution in [3.8, 4) is 22.8 Å². The van der Waals surface area contributed by atoms with Crippen molar-refractivity contribution in [2.45, 2.75) is 25.4 Å². The minimum absolute atomic E-state index is 0.0857. The van der Waals surface area contributed by atoms with Crippen molar-refractivity contribution in [1.82, 2.24) is 29.9 Å². The monoisotopic (exact) mass is 454 g/mol. The maximum atomic E-state index is 14.8. The minimum atomic E-state index is -3.94. The highest BCUT2D eigenvalue weighted by Gasteiger charge is 2.19. The lowest BCUT2D eigenvalue weighted by molar-refractivity contribution is 0.590. The Morgan fingerprint density at radius 2 is 1.81 bits per heavy atom. The molecule has 1 aromatic carbocycles. The molecule has 4 rings (SSSR count). The zero-order valence-electron chi connectivity index (χ0n) is 17.2. The van der Waals surface area contributed by atoms with E-state index in [0.717, 1.165) is 16.7 Å². The topological polar surface area (TPSA) is 156 Å². The number of aromatic nitrogens is 6. The van der Waals surface area contributed by atoms with Gasteiger partial charge >= 0.3 is 0 Å². The number of aryl methyl sites for hydroxylation is 1. The van der Waals surface area contributed by atoms with Crippen molar-refractivity contribution in [2.24, 2.45) is 5.14 Å². The van der Waals surface area contributed by atoms with Crippen LogP contribution in [0.2, 0.25) is 0 Å². The van der Waals surface area contributed by atoms with Crippen molar-refractivity contribution >= 4 is 15.8 Å². The quantitative estimate of drug-likeness (QED) is 0.463. The molecule has 3 heterocycles. The van der Waals surface area contributed by atoms with Crippen LogP contribution in [-0.2, 0) is 16.6 Å². The number of pyridine rings is 1. The maximum absolute atomic E-state index is 14.8. The molecule has 0 amide bonds. The smallest absolute Gasteiger partial charge is 0.255 e. The van der Waals surface area contributed by atoms with Gasteiger partial charge < -0.3 is 5.73 Å². The maximum Gasteiger partial charge on any atom is 0.255 e. The van der Waals surface area contributed by atoms with Crippen LogP contribution in [0.5, 0.6) is 0 Å². The molecule has 4 N–H and O–H groups in total. The standard InChI is InChI=1S/C20H19FN8O2S/c1-11-5-3-7-14(12(11)2)20-25-18(17(21)19(22)26-20)15-10-29(28-27-15)9-13-6-4-8-16(24-13)32(23,30)31/h3-8,10H,9H2,1-2H3,(H2,22,25,26)(H2,23,30,31). The molecule has 4 aromatic rings. The second-order valence-electron chi connectivity index (χ2n) is 7.16. The number of primary sulfonamides is 1. The third kappa shape index (κ3) is 4.18. The second-order valence-corrected chi connectivity index (χ2v) is 8.66. The molecule has 10 nitrogen and oxygen atoms in total. The fourth-order valence-corrected chi connectivity index (χ4v) is 3.61. The Morgan fingerprint density at radius 3 is 2.56 bits per heavy atom. The summed E-state index contributed by atoms with van der Waals surface area (Å²) in [5, 5.41) is 12.8. The molecule has 32 heavy (non-hydrogen) atoms. The van der Waals surface area contributed by atoms with Gasteiger partial charge in [0.2, 0.25) is 0 Å². The Labute approximate surface area is 183 Å². The zero-order chi connectivity index (χ0) is 23.0. The number of benzene rings is 1. The summed E-state index contributed by atoms with van der Waals surface area (Å²) in [5.74, 6) is -0.833. The number of sulfonamides is 1. The summed E-state index contributed by atoms with van der Waals surface area (Å²) < 4.78 is 39.1. The summed E-state index contributed by atoms with van der Waals surface area (Å²) in [6.07, 6.45) is 1.46. The van der Waals surface area contributed by atoms with Gasteiger partial charge in [-0.25, -0.2) is 37.6 Å².